The first-order valence-corrected chi connectivity index (χ1v) is 15.6. The Morgan fingerprint density at radius 2 is 1.69 bits per heavy atom. The predicted octanol–water partition coefficient (Wildman–Crippen LogP) is 7.76. The molecule has 0 bridgehead atoms. The van der Waals surface area contributed by atoms with Gasteiger partial charge in [-0.1, -0.05) is 91.5 Å². The first-order chi connectivity index (χ1) is 20.3. The van der Waals surface area contributed by atoms with Crippen LogP contribution in [0, 0.1) is 12.3 Å². The van der Waals surface area contributed by atoms with Gasteiger partial charge < -0.3 is 4.74 Å². The summed E-state index contributed by atoms with van der Waals surface area (Å²) >= 11 is 7.22. The van der Waals surface area contributed by atoms with Crippen molar-refractivity contribution in [3.8, 4) is 5.75 Å². The van der Waals surface area contributed by atoms with Crippen LogP contribution in [0.3, 0.4) is 0 Å². The Morgan fingerprint density at radius 3 is 2.38 bits per heavy atom. The van der Waals surface area contributed by atoms with Gasteiger partial charge in [0.05, 0.1) is 24.0 Å². The van der Waals surface area contributed by atoms with Gasteiger partial charge in [-0.05, 0) is 60.9 Å². The lowest BCUT2D eigenvalue weighted by Crippen LogP contribution is -2.32. The third-order valence-electron chi connectivity index (χ3n) is 7.48. The number of hydrogen-bond acceptors (Lipinski definition) is 6. The fourth-order valence-electron chi connectivity index (χ4n) is 5.13. The van der Waals surface area contributed by atoms with Crippen LogP contribution in [0.15, 0.2) is 77.9 Å². The van der Waals surface area contributed by atoms with Crippen LogP contribution in [0.2, 0.25) is 5.02 Å². The maximum Gasteiger partial charge on any atom is 0.247 e. The van der Waals surface area contributed by atoms with E-state index in [0.717, 1.165) is 47.0 Å². The Morgan fingerprint density at radius 1 is 0.976 bits per heavy atom. The van der Waals surface area contributed by atoms with Gasteiger partial charge in [-0.15, -0.1) is 0 Å². The van der Waals surface area contributed by atoms with E-state index in [4.69, 9.17) is 26.8 Å². The van der Waals surface area contributed by atoms with Gasteiger partial charge in [0.15, 0.2) is 5.17 Å². The number of imide groups is 1. The summed E-state index contributed by atoms with van der Waals surface area (Å²) in [6.07, 6.45) is 5.12. The zero-order valence-corrected chi connectivity index (χ0v) is 25.5. The minimum absolute atomic E-state index is 0.0234. The Balaban J connectivity index is 1.28. The smallest absolute Gasteiger partial charge is 0.247 e. The van der Waals surface area contributed by atoms with E-state index in [1.54, 1.807) is 29.3 Å². The van der Waals surface area contributed by atoms with E-state index in [1.165, 1.54) is 17.7 Å². The molecule has 2 unspecified atom stereocenters. The van der Waals surface area contributed by atoms with Crippen molar-refractivity contribution in [2.24, 2.45) is 5.10 Å². The summed E-state index contributed by atoms with van der Waals surface area (Å²) in [7, 11) is 0. The Kier molecular flexibility index (Phi) is 9.65. The number of amides is 2. The molecule has 3 aromatic carbocycles. The molecule has 0 aromatic heterocycles. The van der Waals surface area contributed by atoms with E-state index in [-0.39, 0.29) is 29.4 Å². The van der Waals surface area contributed by atoms with E-state index < -0.39 is 5.25 Å². The molecule has 5 rings (SSSR count). The maximum atomic E-state index is 13.4. The van der Waals surface area contributed by atoms with Crippen LogP contribution < -0.4 is 9.64 Å². The highest BCUT2D eigenvalue weighted by molar-refractivity contribution is 8.14. The molecule has 2 aliphatic rings. The number of carbonyl (C=O) groups is 2. The molecule has 9 heteroatoms. The molecule has 42 heavy (non-hydrogen) atoms. The maximum absolute atomic E-state index is 13.4. The second-order valence-corrected chi connectivity index (χ2v) is 12.2. The number of rotatable bonds is 10. The number of nitrogens with one attached hydrogen (secondary N) is 1. The number of hydrazone groups is 1. The molecule has 2 atom stereocenters. The van der Waals surface area contributed by atoms with Crippen LogP contribution in [0.1, 0.15) is 68.2 Å². The Bertz CT molecular complexity index is 1460. The summed E-state index contributed by atoms with van der Waals surface area (Å²) in [5.74, 6) is 0.109. The lowest BCUT2D eigenvalue weighted by Gasteiger charge is -2.24. The summed E-state index contributed by atoms with van der Waals surface area (Å²) in [4.78, 5) is 27.6. The predicted molar refractivity (Wildman–Crippen MR) is 171 cm³/mol. The number of aryl methyl sites for hydroxylation is 1. The number of thioether (sulfide) groups is 1. The standard InChI is InChI=1S/C33H35ClN4O3S/c1-3-4-5-6-19-41-27-17-15-26(16-18-27)37-31(39)21-30(32(37)40)42-33(35)38-29(24-11-13-25(34)14-12-24)20-28(36-38)23-9-7-22(2)8-10-23/h7-18,29-30,35H,3-6,19-21H2,1-2H3. The van der Waals surface area contributed by atoms with Crippen molar-refractivity contribution >= 4 is 51.7 Å². The van der Waals surface area contributed by atoms with Crippen LogP contribution in [0.4, 0.5) is 5.69 Å². The number of nitrogens with zero attached hydrogens (tertiary/aromatic N) is 3. The van der Waals surface area contributed by atoms with E-state index in [2.05, 4.69) is 6.92 Å². The van der Waals surface area contributed by atoms with E-state index >= 15 is 0 Å². The van der Waals surface area contributed by atoms with E-state index in [1.807, 2.05) is 55.5 Å². The number of anilines is 1. The van der Waals surface area contributed by atoms with Crippen molar-refractivity contribution < 1.29 is 14.3 Å². The lowest BCUT2D eigenvalue weighted by atomic mass is 9.98. The molecule has 2 heterocycles. The second-order valence-electron chi connectivity index (χ2n) is 10.6. The number of hydrogen-bond donors (Lipinski definition) is 1. The highest BCUT2D eigenvalue weighted by atomic mass is 35.5. The molecule has 7 nitrogen and oxygen atoms in total. The summed E-state index contributed by atoms with van der Waals surface area (Å²) in [6.45, 7) is 4.85. The van der Waals surface area contributed by atoms with Crippen molar-refractivity contribution in [2.75, 3.05) is 11.5 Å². The van der Waals surface area contributed by atoms with Crippen molar-refractivity contribution in [1.29, 1.82) is 5.41 Å². The van der Waals surface area contributed by atoms with Gasteiger partial charge in [0.1, 0.15) is 11.0 Å². The first-order valence-electron chi connectivity index (χ1n) is 14.4. The zero-order chi connectivity index (χ0) is 29.6. The fraction of sp³-hybridized carbons (Fsp3) is 0.333. The number of unbranched alkanes of at least 4 members (excludes halogenated alkanes) is 3. The Labute approximate surface area is 256 Å². The van der Waals surface area contributed by atoms with Gasteiger partial charge in [-0.2, -0.15) is 5.10 Å². The number of amidine groups is 1. The number of halogens is 1. The number of ether oxygens (including phenoxy) is 1. The molecular formula is C33H35ClN4O3S. The SMILES string of the molecule is CCCCCCOc1ccc(N2C(=O)CC(SC(=N)N3N=C(c4ccc(C)cc4)CC3c3ccc(Cl)cc3)C2=O)cc1. The molecule has 2 amide bonds. The monoisotopic (exact) mass is 602 g/mol. The normalized spacial score (nSPS) is 18.5. The van der Waals surface area contributed by atoms with Gasteiger partial charge >= 0.3 is 0 Å². The molecule has 0 aliphatic carbocycles. The summed E-state index contributed by atoms with van der Waals surface area (Å²) in [5, 5.41) is 15.5. The molecule has 1 fully saturated rings. The van der Waals surface area contributed by atoms with Crippen LogP contribution in [0.25, 0.3) is 0 Å². The van der Waals surface area contributed by atoms with Crippen LogP contribution in [-0.2, 0) is 9.59 Å². The topological polar surface area (TPSA) is 86.1 Å². The minimum atomic E-state index is -0.705. The summed E-state index contributed by atoms with van der Waals surface area (Å²) in [5.41, 5.74) is 4.50. The van der Waals surface area contributed by atoms with Crippen molar-refractivity contribution in [2.45, 2.75) is 63.7 Å². The largest absolute Gasteiger partial charge is 0.494 e. The van der Waals surface area contributed by atoms with Crippen LogP contribution >= 0.6 is 23.4 Å². The highest BCUT2D eigenvalue weighted by Gasteiger charge is 2.42. The summed E-state index contributed by atoms with van der Waals surface area (Å²) in [6, 6.07) is 22.5. The van der Waals surface area contributed by atoms with Crippen LogP contribution in [0.5, 0.6) is 5.75 Å². The molecule has 2 aliphatic heterocycles. The van der Waals surface area contributed by atoms with E-state index in [0.29, 0.717) is 29.5 Å². The van der Waals surface area contributed by atoms with Gasteiger partial charge in [-0.25, -0.2) is 9.91 Å². The van der Waals surface area contributed by atoms with Crippen molar-refractivity contribution in [3.05, 3.63) is 94.5 Å². The zero-order valence-electron chi connectivity index (χ0n) is 23.9. The van der Waals surface area contributed by atoms with Gasteiger partial charge in [0, 0.05) is 17.9 Å². The highest BCUT2D eigenvalue weighted by Crippen LogP contribution is 2.38. The third-order valence-corrected chi connectivity index (χ3v) is 8.79. The average Bonchev–Trinajstić information content (AvgIpc) is 3.55. The molecule has 3 aromatic rings. The molecule has 0 radical (unpaired) electrons. The first kappa shape index (κ1) is 29.9. The average molecular weight is 603 g/mol. The van der Waals surface area contributed by atoms with Crippen LogP contribution in [-0.4, -0.2) is 39.6 Å². The Hall–Kier alpha value is -3.62. The van der Waals surface area contributed by atoms with Crippen molar-refractivity contribution in [3.63, 3.8) is 0 Å². The molecule has 1 N–H and O–H groups in total. The van der Waals surface area contributed by atoms with Gasteiger partial charge in [0.2, 0.25) is 11.8 Å². The van der Waals surface area contributed by atoms with Gasteiger partial charge in [0.25, 0.3) is 0 Å². The summed E-state index contributed by atoms with van der Waals surface area (Å²) < 4.78 is 5.81. The molecular weight excluding hydrogens is 568 g/mol. The third kappa shape index (κ3) is 6.88. The fourth-order valence-corrected chi connectivity index (χ4v) is 6.23. The minimum Gasteiger partial charge on any atom is -0.494 e. The van der Waals surface area contributed by atoms with Gasteiger partial charge in [-0.3, -0.25) is 15.0 Å². The molecule has 0 spiro atoms. The molecule has 1 saturated heterocycles. The second kappa shape index (κ2) is 13.6. The quantitative estimate of drug-likeness (QED) is 0.111. The lowest BCUT2D eigenvalue weighted by molar-refractivity contribution is -0.121. The number of benzene rings is 3. The number of carbonyl (C=O) groups excluding carboxylic acids is 2. The van der Waals surface area contributed by atoms with E-state index in [9.17, 15) is 9.59 Å². The van der Waals surface area contributed by atoms with Crippen molar-refractivity contribution in [1.82, 2.24) is 5.01 Å². The molecule has 218 valence electrons. The molecule has 0 saturated carbocycles.